The van der Waals surface area contributed by atoms with Gasteiger partial charge in [0.25, 0.3) is 0 Å². The summed E-state index contributed by atoms with van der Waals surface area (Å²) in [5, 5.41) is 6.13. The summed E-state index contributed by atoms with van der Waals surface area (Å²) in [6.07, 6.45) is 3.74. The first-order chi connectivity index (χ1) is 33.9. The zero-order valence-corrected chi connectivity index (χ0v) is 44.3. The highest BCUT2D eigenvalue weighted by atomic mass is 33.1. The Morgan fingerprint density at radius 2 is 0.843 bits per heavy atom. The number of rotatable bonds is 27. The molecule has 6 rings (SSSR count). The minimum absolute atomic E-state index is 0.0792. The number of amides is 2. The molecular formula is C56H78N8O4S2. The smallest absolute Gasteiger partial charge is 0.221 e. The minimum Gasteiger partial charge on any atom is -0.369 e. The molecule has 2 aliphatic rings. The van der Waals surface area contributed by atoms with Crippen molar-refractivity contribution >= 4 is 56.3 Å². The van der Waals surface area contributed by atoms with Crippen LogP contribution in [0.1, 0.15) is 71.4 Å². The van der Waals surface area contributed by atoms with Crippen molar-refractivity contribution in [2.24, 2.45) is 0 Å². The third kappa shape index (κ3) is 14.9. The van der Waals surface area contributed by atoms with Crippen LogP contribution in [0, 0.1) is 0 Å². The van der Waals surface area contributed by atoms with Crippen LogP contribution in [0.4, 0.5) is 11.4 Å². The standard InChI is InChI=1S/C56H78N8O4S2/c1-7-55(59(3)4,43-45-15-11-9-12-16-45)53(67)47-19-23-49(24-20-47)63-37-33-61(34-38-63)31-27-51(65)57-29-41-69-70-42-30-58-52(66)28-32-62-35-39-64(40-36-62)50-25-21-48(22-26-50)54(68)56(8-2,60(5)6)44-46-17-13-10-14-18-46/h9-26H,7-8,27-44H2,1-6H3,(H,57,65)(H,58,66). The van der Waals surface area contributed by atoms with E-state index in [1.807, 2.05) is 88.9 Å². The average molecular weight is 991 g/mol. The molecule has 2 atom stereocenters. The van der Waals surface area contributed by atoms with Gasteiger partial charge in [0.2, 0.25) is 11.8 Å². The third-order valence-electron chi connectivity index (χ3n) is 14.5. The average Bonchev–Trinajstić information content (AvgIpc) is 3.39. The number of hydrogen-bond acceptors (Lipinski definition) is 12. The number of anilines is 2. The number of nitrogens with one attached hydrogen (secondary N) is 2. The number of benzene rings is 4. The molecule has 2 fully saturated rings. The topological polar surface area (TPSA) is 112 Å². The highest BCUT2D eigenvalue weighted by molar-refractivity contribution is 8.76. The number of nitrogens with zero attached hydrogens (tertiary/aromatic N) is 6. The van der Waals surface area contributed by atoms with Gasteiger partial charge in [-0.05, 0) is 114 Å². The zero-order valence-electron chi connectivity index (χ0n) is 42.7. The molecule has 378 valence electrons. The summed E-state index contributed by atoms with van der Waals surface area (Å²) < 4.78 is 0. The van der Waals surface area contributed by atoms with E-state index in [1.165, 1.54) is 0 Å². The van der Waals surface area contributed by atoms with Crippen LogP contribution in [0.15, 0.2) is 109 Å². The fraction of sp³-hybridized carbons (Fsp3) is 0.500. The van der Waals surface area contributed by atoms with Gasteiger partial charge >= 0.3 is 0 Å². The molecule has 0 aliphatic carbocycles. The quantitative estimate of drug-likeness (QED) is 0.0356. The maximum atomic E-state index is 14.0. The first-order valence-electron chi connectivity index (χ1n) is 25.3. The van der Waals surface area contributed by atoms with Gasteiger partial charge in [-0.1, -0.05) is 96.1 Å². The lowest BCUT2D eigenvalue weighted by atomic mass is 9.80. The molecular weight excluding hydrogens is 913 g/mol. The van der Waals surface area contributed by atoms with Crippen LogP contribution in [-0.2, 0) is 22.4 Å². The zero-order chi connectivity index (χ0) is 49.9. The summed E-state index contributed by atoms with van der Waals surface area (Å²) in [6, 6.07) is 36.8. The Bertz CT molecular complexity index is 2080. The summed E-state index contributed by atoms with van der Waals surface area (Å²) >= 11 is 0. The molecule has 0 spiro atoms. The van der Waals surface area contributed by atoms with Gasteiger partial charge in [-0.2, -0.15) is 0 Å². The fourth-order valence-corrected chi connectivity index (χ4v) is 11.7. The van der Waals surface area contributed by atoms with Crippen LogP contribution >= 0.6 is 21.6 Å². The van der Waals surface area contributed by atoms with Gasteiger partial charge in [-0.15, -0.1) is 0 Å². The third-order valence-corrected chi connectivity index (χ3v) is 17.0. The van der Waals surface area contributed by atoms with Crippen LogP contribution in [0.2, 0.25) is 0 Å². The van der Waals surface area contributed by atoms with Crippen molar-refractivity contribution in [1.82, 2.24) is 30.2 Å². The molecule has 2 aliphatic heterocycles. The Balaban J connectivity index is 0.780. The number of hydrogen-bond donors (Lipinski definition) is 2. The molecule has 2 N–H and O–H groups in total. The number of carbonyl (C=O) groups excluding carboxylic acids is 4. The van der Waals surface area contributed by atoms with Crippen molar-refractivity contribution < 1.29 is 19.2 Å². The van der Waals surface area contributed by atoms with Crippen molar-refractivity contribution in [2.75, 3.05) is 128 Å². The number of piperazine rings is 2. The molecule has 4 aromatic rings. The van der Waals surface area contributed by atoms with Gasteiger partial charge in [0, 0.05) is 125 Å². The molecule has 70 heavy (non-hydrogen) atoms. The normalized spacial score (nSPS) is 16.5. The second-order valence-corrected chi connectivity index (χ2v) is 21.8. The molecule has 0 radical (unpaired) electrons. The molecule has 0 bridgehead atoms. The lowest BCUT2D eigenvalue weighted by molar-refractivity contribution is -0.122. The first kappa shape index (κ1) is 54.6. The van der Waals surface area contributed by atoms with E-state index >= 15 is 0 Å². The Kier molecular flexibility index (Phi) is 21.2. The molecule has 0 aromatic heterocycles. The highest BCUT2D eigenvalue weighted by Crippen LogP contribution is 2.31. The fourth-order valence-electron chi connectivity index (χ4n) is 9.88. The molecule has 12 nitrogen and oxygen atoms in total. The van der Waals surface area contributed by atoms with E-state index in [1.54, 1.807) is 21.6 Å². The summed E-state index contributed by atoms with van der Waals surface area (Å²) in [6.45, 7) is 14.0. The van der Waals surface area contributed by atoms with Gasteiger partial charge < -0.3 is 20.4 Å². The van der Waals surface area contributed by atoms with E-state index in [0.717, 1.165) is 123 Å². The van der Waals surface area contributed by atoms with E-state index < -0.39 is 11.1 Å². The second-order valence-electron chi connectivity index (χ2n) is 19.1. The van der Waals surface area contributed by atoms with Crippen molar-refractivity contribution in [3.8, 4) is 0 Å². The Hall–Kier alpha value is -4.70. The summed E-state index contributed by atoms with van der Waals surface area (Å²) in [5.41, 5.74) is 4.83. The van der Waals surface area contributed by atoms with Gasteiger partial charge in [-0.3, -0.25) is 38.8 Å². The molecule has 2 saturated heterocycles. The largest absolute Gasteiger partial charge is 0.369 e. The van der Waals surface area contributed by atoms with Crippen LogP contribution in [-0.4, -0.2) is 172 Å². The molecule has 14 heteroatoms. The Morgan fingerprint density at radius 3 is 1.16 bits per heavy atom. The van der Waals surface area contributed by atoms with Crippen molar-refractivity contribution in [1.29, 1.82) is 0 Å². The monoisotopic (exact) mass is 991 g/mol. The van der Waals surface area contributed by atoms with E-state index in [4.69, 9.17) is 0 Å². The van der Waals surface area contributed by atoms with Crippen molar-refractivity contribution in [2.45, 2.75) is 63.5 Å². The second kappa shape index (κ2) is 27.2. The van der Waals surface area contributed by atoms with Gasteiger partial charge in [0.15, 0.2) is 11.6 Å². The van der Waals surface area contributed by atoms with E-state index in [9.17, 15) is 19.2 Å². The summed E-state index contributed by atoms with van der Waals surface area (Å²) in [4.78, 5) is 66.8. The number of likely N-dealkylation sites (N-methyl/N-ethyl adjacent to an activating group) is 2. The van der Waals surface area contributed by atoms with Gasteiger partial charge in [-0.25, -0.2) is 0 Å². The number of carbonyl (C=O) groups is 4. The molecule has 2 unspecified atom stereocenters. The van der Waals surface area contributed by atoms with E-state index in [-0.39, 0.29) is 23.4 Å². The molecule has 2 amide bonds. The molecule has 2 heterocycles. The van der Waals surface area contributed by atoms with Crippen LogP contribution < -0.4 is 20.4 Å². The first-order valence-corrected chi connectivity index (χ1v) is 27.8. The maximum Gasteiger partial charge on any atom is 0.221 e. The Labute approximate surface area is 426 Å². The SMILES string of the molecule is CCC(Cc1ccccc1)(C(=O)c1ccc(N2CCN(CCC(=O)NCCSSCCNC(=O)CCN3CCN(c4ccc(C(=O)C(CC)(Cc5ccccc5)N(C)C)cc4)CC3)CC2)cc1)N(C)C. The van der Waals surface area contributed by atoms with Gasteiger partial charge in [0.1, 0.15) is 0 Å². The Morgan fingerprint density at radius 1 is 0.500 bits per heavy atom. The predicted octanol–water partition coefficient (Wildman–Crippen LogP) is 7.30. The number of ketones is 2. The lowest BCUT2D eigenvalue weighted by Crippen LogP contribution is -2.52. The maximum absolute atomic E-state index is 14.0. The van der Waals surface area contributed by atoms with E-state index in [2.05, 4.69) is 102 Å². The number of Topliss-reactive ketones (excluding diaryl/α,β-unsaturated/α-hetero) is 2. The summed E-state index contributed by atoms with van der Waals surface area (Å²) in [5.74, 6) is 2.09. The minimum atomic E-state index is -0.608. The van der Waals surface area contributed by atoms with Gasteiger partial charge in [0.05, 0.1) is 11.1 Å². The predicted molar refractivity (Wildman–Crippen MR) is 293 cm³/mol. The molecule has 4 aromatic carbocycles. The van der Waals surface area contributed by atoms with Crippen molar-refractivity contribution in [3.05, 3.63) is 131 Å². The van der Waals surface area contributed by atoms with E-state index in [0.29, 0.717) is 38.8 Å². The van der Waals surface area contributed by atoms with Crippen molar-refractivity contribution in [3.63, 3.8) is 0 Å². The van der Waals surface area contributed by atoms with Crippen LogP contribution in [0.5, 0.6) is 0 Å². The molecule has 0 saturated carbocycles. The van der Waals surface area contributed by atoms with Crippen LogP contribution in [0.25, 0.3) is 0 Å². The van der Waals surface area contributed by atoms with Crippen LogP contribution in [0.3, 0.4) is 0 Å². The lowest BCUT2D eigenvalue weighted by Gasteiger charge is -2.38. The summed E-state index contributed by atoms with van der Waals surface area (Å²) in [7, 11) is 11.4. The highest BCUT2D eigenvalue weighted by Gasteiger charge is 2.41.